The van der Waals surface area contributed by atoms with E-state index in [1.165, 1.54) is 17.3 Å². The van der Waals surface area contributed by atoms with Crippen LogP contribution in [0.25, 0.3) is 0 Å². The minimum atomic E-state index is -0.243. The third kappa shape index (κ3) is 5.14. The highest BCUT2D eigenvalue weighted by atomic mass is 32.2. The molecule has 6 heteroatoms. The number of benzene rings is 3. The summed E-state index contributed by atoms with van der Waals surface area (Å²) in [6, 6.07) is 23.3. The van der Waals surface area contributed by atoms with Crippen molar-refractivity contribution in [1.29, 1.82) is 0 Å². The minimum Gasteiger partial charge on any atom is -0.484 e. The molecule has 2 amide bonds. The number of anilines is 2. The SMILES string of the molecule is Cc1ccc(OCC(=O)Nc2ccccc2SCC(=O)N2c3ccccc3C[C@H]2C)cc1. The van der Waals surface area contributed by atoms with E-state index in [-0.39, 0.29) is 24.5 Å². The van der Waals surface area contributed by atoms with Gasteiger partial charge in [-0.25, -0.2) is 0 Å². The van der Waals surface area contributed by atoms with Crippen LogP contribution in [-0.2, 0) is 16.0 Å². The van der Waals surface area contributed by atoms with E-state index >= 15 is 0 Å². The highest BCUT2D eigenvalue weighted by molar-refractivity contribution is 8.00. The summed E-state index contributed by atoms with van der Waals surface area (Å²) >= 11 is 1.43. The van der Waals surface area contributed by atoms with Crippen LogP contribution in [-0.4, -0.2) is 30.2 Å². The second kappa shape index (κ2) is 9.92. The van der Waals surface area contributed by atoms with E-state index < -0.39 is 0 Å². The Bertz CT molecular complexity index is 1110. The van der Waals surface area contributed by atoms with Gasteiger partial charge in [0.05, 0.1) is 11.4 Å². The van der Waals surface area contributed by atoms with Crippen LogP contribution in [0.15, 0.2) is 77.7 Å². The maximum absolute atomic E-state index is 13.0. The van der Waals surface area contributed by atoms with Crippen molar-refractivity contribution in [2.45, 2.75) is 31.2 Å². The zero-order valence-corrected chi connectivity index (χ0v) is 19.0. The van der Waals surface area contributed by atoms with E-state index in [2.05, 4.69) is 18.3 Å². The number of nitrogens with zero attached hydrogens (tertiary/aromatic N) is 1. The van der Waals surface area contributed by atoms with Crippen LogP contribution in [0, 0.1) is 6.92 Å². The standard InChI is InChI=1S/C26H26N2O3S/c1-18-11-13-21(14-12-18)31-16-25(29)27-22-8-4-6-10-24(22)32-17-26(30)28-19(2)15-20-7-3-5-9-23(20)28/h3-14,19H,15-17H2,1-2H3,(H,27,29)/t19-/m1/s1. The zero-order chi connectivity index (χ0) is 22.5. The van der Waals surface area contributed by atoms with Gasteiger partial charge in [-0.2, -0.15) is 0 Å². The van der Waals surface area contributed by atoms with E-state index in [4.69, 9.17) is 4.74 Å². The molecule has 0 aromatic heterocycles. The number of amides is 2. The Morgan fingerprint density at radius 1 is 1.03 bits per heavy atom. The van der Waals surface area contributed by atoms with E-state index in [9.17, 15) is 9.59 Å². The molecule has 5 nitrogen and oxygen atoms in total. The van der Waals surface area contributed by atoms with Gasteiger partial charge in [-0.05, 0) is 56.2 Å². The van der Waals surface area contributed by atoms with Crippen molar-refractivity contribution in [3.63, 3.8) is 0 Å². The summed E-state index contributed by atoms with van der Waals surface area (Å²) in [6.45, 7) is 3.99. The lowest BCUT2D eigenvalue weighted by molar-refractivity contribution is -0.118. The number of thioether (sulfide) groups is 1. The number of aryl methyl sites for hydroxylation is 1. The lowest BCUT2D eigenvalue weighted by atomic mass is 10.1. The summed E-state index contributed by atoms with van der Waals surface area (Å²) in [5.74, 6) is 0.771. The summed E-state index contributed by atoms with van der Waals surface area (Å²) in [5.41, 5.74) is 4.02. The number of para-hydroxylation sites is 2. The normalized spacial score (nSPS) is 14.7. The first-order valence-electron chi connectivity index (χ1n) is 10.6. The fraction of sp³-hybridized carbons (Fsp3) is 0.231. The summed E-state index contributed by atoms with van der Waals surface area (Å²) in [6.07, 6.45) is 0.875. The molecule has 1 aliphatic rings. The Labute approximate surface area is 192 Å². The maximum Gasteiger partial charge on any atom is 0.262 e. The average molecular weight is 447 g/mol. The Balaban J connectivity index is 1.35. The number of hydrogen-bond donors (Lipinski definition) is 1. The molecule has 4 rings (SSSR count). The second-order valence-corrected chi connectivity index (χ2v) is 8.90. The number of rotatable bonds is 7. The van der Waals surface area contributed by atoms with Crippen molar-refractivity contribution >= 4 is 35.0 Å². The third-order valence-electron chi connectivity index (χ3n) is 5.38. The highest BCUT2D eigenvalue weighted by Gasteiger charge is 2.30. The molecule has 0 fully saturated rings. The molecule has 1 heterocycles. The van der Waals surface area contributed by atoms with Gasteiger partial charge in [0.25, 0.3) is 5.91 Å². The minimum absolute atomic E-state index is 0.0660. The molecule has 1 aliphatic heterocycles. The molecule has 32 heavy (non-hydrogen) atoms. The van der Waals surface area contributed by atoms with Gasteiger partial charge in [-0.1, -0.05) is 48.0 Å². The molecule has 0 radical (unpaired) electrons. The van der Waals surface area contributed by atoms with Gasteiger partial charge in [0.1, 0.15) is 5.75 Å². The summed E-state index contributed by atoms with van der Waals surface area (Å²) in [5, 5.41) is 2.90. The fourth-order valence-corrected chi connectivity index (χ4v) is 4.69. The van der Waals surface area contributed by atoms with Crippen molar-refractivity contribution in [2.24, 2.45) is 0 Å². The molecule has 3 aromatic carbocycles. The molecule has 3 aromatic rings. The Hall–Kier alpha value is -3.25. The van der Waals surface area contributed by atoms with E-state index in [0.29, 0.717) is 17.2 Å². The molecule has 0 saturated carbocycles. The number of nitrogens with one attached hydrogen (secondary N) is 1. The molecule has 0 aliphatic carbocycles. The first-order chi connectivity index (χ1) is 15.5. The first kappa shape index (κ1) is 22.0. The molecule has 1 N–H and O–H groups in total. The Morgan fingerprint density at radius 2 is 1.75 bits per heavy atom. The van der Waals surface area contributed by atoms with Gasteiger partial charge < -0.3 is 15.0 Å². The Kier molecular flexibility index (Phi) is 6.81. The Morgan fingerprint density at radius 3 is 2.56 bits per heavy atom. The highest BCUT2D eigenvalue weighted by Crippen LogP contribution is 2.34. The van der Waals surface area contributed by atoms with Crippen molar-refractivity contribution in [1.82, 2.24) is 0 Å². The molecule has 0 saturated heterocycles. The van der Waals surface area contributed by atoms with Crippen molar-refractivity contribution in [2.75, 3.05) is 22.6 Å². The number of carbonyl (C=O) groups excluding carboxylic acids is 2. The molecule has 1 atom stereocenters. The van der Waals surface area contributed by atoms with Crippen molar-refractivity contribution in [3.05, 3.63) is 83.9 Å². The van der Waals surface area contributed by atoms with E-state index in [1.807, 2.05) is 78.6 Å². The van der Waals surface area contributed by atoms with E-state index in [1.54, 1.807) is 0 Å². The third-order valence-corrected chi connectivity index (χ3v) is 6.44. The van der Waals surface area contributed by atoms with Crippen LogP contribution < -0.4 is 15.0 Å². The van der Waals surface area contributed by atoms with Crippen LogP contribution in [0.2, 0.25) is 0 Å². The number of hydrogen-bond acceptors (Lipinski definition) is 4. The number of ether oxygens (including phenoxy) is 1. The maximum atomic E-state index is 13.0. The number of carbonyl (C=O) groups is 2. The summed E-state index contributed by atoms with van der Waals surface area (Å²) < 4.78 is 5.57. The molecule has 0 spiro atoms. The molecule has 164 valence electrons. The van der Waals surface area contributed by atoms with Crippen LogP contribution in [0.4, 0.5) is 11.4 Å². The van der Waals surface area contributed by atoms with Gasteiger partial charge in [0, 0.05) is 16.6 Å². The lowest BCUT2D eigenvalue weighted by Gasteiger charge is -2.22. The van der Waals surface area contributed by atoms with Crippen LogP contribution in [0.3, 0.4) is 0 Å². The average Bonchev–Trinajstić information content (AvgIpc) is 3.13. The van der Waals surface area contributed by atoms with Crippen LogP contribution in [0.5, 0.6) is 5.75 Å². The molecular formula is C26H26N2O3S. The predicted molar refractivity (Wildman–Crippen MR) is 130 cm³/mol. The monoisotopic (exact) mass is 446 g/mol. The van der Waals surface area contributed by atoms with Crippen LogP contribution >= 0.6 is 11.8 Å². The summed E-state index contributed by atoms with van der Waals surface area (Å²) in [4.78, 5) is 28.2. The zero-order valence-electron chi connectivity index (χ0n) is 18.2. The number of fused-ring (bicyclic) bond motifs is 1. The lowest BCUT2D eigenvalue weighted by Crippen LogP contribution is -2.37. The van der Waals surface area contributed by atoms with Gasteiger partial charge in [0.2, 0.25) is 5.91 Å². The predicted octanol–water partition coefficient (Wildman–Crippen LogP) is 5.08. The topological polar surface area (TPSA) is 58.6 Å². The van der Waals surface area contributed by atoms with Gasteiger partial charge in [-0.3, -0.25) is 9.59 Å². The fourth-order valence-electron chi connectivity index (χ4n) is 3.82. The molecule has 0 unspecified atom stereocenters. The quantitative estimate of drug-likeness (QED) is 0.514. The van der Waals surface area contributed by atoms with Crippen molar-refractivity contribution < 1.29 is 14.3 Å². The molecular weight excluding hydrogens is 420 g/mol. The summed E-state index contributed by atoms with van der Waals surface area (Å²) in [7, 11) is 0. The first-order valence-corrected chi connectivity index (χ1v) is 11.6. The van der Waals surface area contributed by atoms with E-state index in [0.717, 1.165) is 22.6 Å². The van der Waals surface area contributed by atoms with Gasteiger partial charge in [0.15, 0.2) is 6.61 Å². The second-order valence-electron chi connectivity index (χ2n) is 7.88. The smallest absolute Gasteiger partial charge is 0.262 e. The van der Waals surface area contributed by atoms with Gasteiger partial charge in [-0.15, -0.1) is 11.8 Å². The largest absolute Gasteiger partial charge is 0.484 e. The molecule has 0 bridgehead atoms. The van der Waals surface area contributed by atoms with Gasteiger partial charge >= 0.3 is 0 Å². The van der Waals surface area contributed by atoms with Crippen LogP contribution in [0.1, 0.15) is 18.1 Å². The van der Waals surface area contributed by atoms with Crippen molar-refractivity contribution in [3.8, 4) is 5.75 Å².